The van der Waals surface area contributed by atoms with Crippen molar-refractivity contribution in [3.8, 4) is 0 Å². The Morgan fingerprint density at radius 2 is 2.06 bits per heavy atom. The average molecular weight is 249 g/mol. The molecule has 0 atom stereocenters. The van der Waals surface area contributed by atoms with Crippen LogP contribution in [0.2, 0.25) is 0 Å². The van der Waals surface area contributed by atoms with Crippen molar-refractivity contribution < 1.29 is 0 Å². The Hall–Kier alpha value is -0.830. The summed E-state index contributed by atoms with van der Waals surface area (Å²) in [7, 11) is 0. The van der Waals surface area contributed by atoms with E-state index in [2.05, 4.69) is 28.7 Å². The summed E-state index contributed by atoms with van der Waals surface area (Å²) in [4.78, 5) is 4.30. The van der Waals surface area contributed by atoms with Crippen LogP contribution in [0.5, 0.6) is 0 Å². The van der Waals surface area contributed by atoms with Gasteiger partial charge in [-0.25, -0.2) is 4.98 Å². The second kappa shape index (κ2) is 6.93. The van der Waals surface area contributed by atoms with Gasteiger partial charge in [-0.15, -0.1) is 0 Å². The first-order valence-electron chi connectivity index (χ1n) is 7.48. The highest BCUT2D eigenvalue weighted by molar-refractivity contribution is 5.11. The molecule has 3 nitrogen and oxygen atoms in total. The molecule has 3 heteroatoms. The molecule has 0 aliphatic carbocycles. The van der Waals surface area contributed by atoms with Gasteiger partial charge in [0.2, 0.25) is 0 Å². The van der Waals surface area contributed by atoms with Crippen LogP contribution in [-0.4, -0.2) is 22.6 Å². The average Bonchev–Trinajstić information content (AvgIpc) is 2.69. The second-order valence-corrected chi connectivity index (χ2v) is 5.96. The quantitative estimate of drug-likeness (QED) is 0.717. The molecule has 0 aromatic carbocycles. The van der Waals surface area contributed by atoms with E-state index in [0.717, 1.165) is 25.6 Å². The van der Waals surface area contributed by atoms with Crippen molar-refractivity contribution in [2.24, 2.45) is 5.92 Å². The van der Waals surface area contributed by atoms with Gasteiger partial charge in [-0.1, -0.05) is 39.5 Å². The summed E-state index contributed by atoms with van der Waals surface area (Å²) >= 11 is 0. The molecule has 102 valence electrons. The summed E-state index contributed by atoms with van der Waals surface area (Å²) in [5, 5.41) is 3.33. The molecule has 0 saturated carbocycles. The van der Waals surface area contributed by atoms with Gasteiger partial charge in [-0.05, 0) is 12.3 Å². The van der Waals surface area contributed by atoms with Crippen LogP contribution in [0.25, 0.3) is 0 Å². The first kappa shape index (κ1) is 13.6. The molecular weight excluding hydrogens is 222 g/mol. The molecule has 1 aromatic rings. The Bertz CT molecular complexity index is 339. The van der Waals surface area contributed by atoms with Crippen LogP contribution < -0.4 is 5.32 Å². The van der Waals surface area contributed by atoms with Crippen molar-refractivity contribution in [2.75, 3.05) is 13.1 Å². The molecule has 0 amide bonds. The number of rotatable bonds is 8. The summed E-state index contributed by atoms with van der Waals surface area (Å²) in [6, 6.07) is 0. The Kier molecular flexibility index (Phi) is 5.24. The molecule has 1 fully saturated rings. The van der Waals surface area contributed by atoms with E-state index >= 15 is 0 Å². The highest BCUT2D eigenvalue weighted by atomic mass is 15.1. The lowest BCUT2D eigenvalue weighted by Crippen LogP contribution is -2.40. The van der Waals surface area contributed by atoms with E-state index < -0.39 is 0 Å². The van der Waals surface area contributed by atoms with E-state index in [1.165, 1.54) is 37.8 Å². The Labute approximate surface area is 111 Å². The van der Waals surface area contributed by atoms with Crippen LogP contribution in [0.15, 0.2) is 12.5 Å². The van der Waals surface area contributed by atoms with Crippen molar-refractivity contribution in [3.63, 3.8) is 0 Å². The standard InChI is InChI=1S/C15H27N3/c1-13(2)7-5-3-4-6-8-18-12-17-11-15(18)14-9-16-10-14/h11-14,16H,3-10H2,1-2H3. The van der Waals surface area contributed by atoms with Gasteiger partial charge < -0.3 is 9.88 Å². The number of nitrogens with one attached hydrogen (secondary N) is 1. The van der Waals surface area contributed by atoms with Crippen molar-refractivity contribution in [2.45, 2.75) is 58.4 Å². The van der Waals surface area contributed by atoms with E-state index in [-0.39, 0.29) is 0 Å². The third kappa shape index (κ3) is 3.84. The molecule has 1 aromatic heterocycles. The zero-order valence-corrected chi connectivity index (χ0v) is 11.9. The van der Waals surface area contributed by atoms with Crippen molar-refractivity contribution in [3.05, 3.63) is 18.2 Å². The SMILES string of the molecule is CC(C)CCCCCCn1cncc1C1CNC1. The molecule has 1 aliphatic heterocycles. The number of hydrogen-bond donors (Lipinski definition) is 1. The number of nitrogens with zero attached hydrogens (tertiary/aromatic N) is 2. The number of imidazole rings is 1. The van der Waals surface area contributed by atoms with Gasteiger partial charge in [0, 0.05) is 37.4 Å². The lowest BCUT2D eigenvalue weighted by Gasteiger charge is -2.27. The molecule has 1 N–H and O–H groups in total. The molecule has 0 bridgehead atoms. The van der Waals surface area contributed by atoms with Crippen LogP contribution in [0.3, 0.4) is 0 Å². The molecule has 0 spiro atoms. The van der Waals surface area contributed by atoms with Gasteiger partial charge in [0.1, 0.15) is 0 Å². The highest BCUT2D eigenvalue weighted by Gasteiger charge is 2.21. The minimum Gasteiger partial charge on any atom is -0.334 e. The summed E-state index contributed by atoms with van der Waals surface area (Å²) in [6.45, 7) is 8.02. The van der Waals surface area contributed by atoms with Crippen LogP contribution in [0, 0.1) is 5.92 Å². The lowest BCUT2D eigenvalue weighted by atomic mass is 10.00. The molecule has 0 radical (unpaired) electrons. The van der Waals surface area contributed by atoms with Crippen LogP contribution >= 0.6 is 0 Å². The molecule has 1 saturated heterocycles. The van der Waals surface area contributed by atoms with Gasteiger partial charge in [-0.2, -0.15) is 0 Å². The predicted octanol–water partition coefficient (Wildman–Crippen LogP) is 3.18. The predicted molar refractivity (Wildman–Crippen MR) is 75.8 cm³/mol. The molecule has 18 heavy (non-hydrogen) atoms. The van der Waals surface area contributed by atoms with E-state index in [9.17, 15) is 0 Å². The molecule has 2 heterocycles. The van der Waals surface area contributed by atoms with Gasteiger partial charge in [0.15, 0.2) is 0 Å². The Morgan fingerprint density at radius 1 is 1.28 bits per heavy atom. The smallest absolute Gasteiger partial charge is 0.0948 e. The Balaban J connectivity index is 1.63. The maximum Gasteiger partial charge on any atom is 0.0948 e. The third-order valence-electron chi connectivity index (χ3n) is 3.87. The number of hydrogen-bond acceptors (Lipinski definition) is 2. The third-order valence-corrected chi connectivity index (χ3v) is 3.87. The summed E-state index contributed by atoms with van der Waals surface area (Å²) < 4.78 is 2.36. The molecular formula is C15H27N3. The maximum absolute atomic E-state index is 4.30. The topological polar surface area (TPSA) is 29.9 Å². The zero-order chi connectivity index (χ0) is 12.8. The summed E-state index contributed by atoms with van der Waals surface area (Å²) in [5.41, 5.74) is 1.43. The van der Waals surface area contributed by atoms with Gasteiger partial charge in [0.25, 0.3) is 0 Å². The fraction of sp³-hybridized carbons (Fsp3) is 0.800. The summed E-state index contributed by atoms with van der Waals surface area (Å²) in [6.07, 6.45) is 10.8. The summed E-state index contributed by atoms with van der Waals surface area (Å²) in [5.74, 6) is 1.56. The first-order chi connectivity index (χ1) is 8.77. The lowest BCUT2D eigenvalue weighted by molar-refractivity contribution is 0.418. The minimum atomic E-state index is 0.702. The maximum atomic E-state index is 4.30. The number of unbranched alkanes of at least 4 members (excludes halogenated alkanes) is 3. The highest BCUT2D eigenvalue weighted by Crippen LogP contribution is 2.20. The fourth-order valence-electron chi connectivity index (χ4n) is 2.54. The van der Waals surface area contributed by atoms with E-state index in [1.807, 2.05) is 12.5 Å². The monoisotopic (exact) mass is 249 g/mol. The molecule has 1 aliphatic rings. The normalized spacial score (nSPS) is 16.2. The van der Waals surface area contributed by atoms with Crippen molar-refractivity contribution in [1.82, 2.24) is 14.9 Å². The van der Waals surface area contributed by atoms with Gasteiger partial charge in [0.05, 0.1) is 6.33 Å². The largest absolute Gasteiger partial charge is 0.334 e. The van der Waals surface area contributed by atoms with Gasteiger partial charge in [-0.3, -0.25) is 0 Å². The van der Waals surface area contributed by atoms with Crippen molar-refractivity contribution in [1.29, 1.82) is 0 Å². The Morgan fingerprint density at radius 3 is 2.72 bits per heavy atom. The van der Waals surface area contributed by atoms with E-state index in [0.29, 0.717) is 5.92 Å². The number of aromatic nitrogens is 2. The van der Waals surface area contributed by atoms with E-state index in [4.69, 9.17) is 0 Å². The fourth-order valence-corrected chi connectivity index (χ4v) is 2.54. The minimum absolute atomic E-state index is 0.702. The van der Waals surface area contributed by atoms with Gasteiger partial charge >= 0.3 is 0 Å². The van der Waals surface area contributed by atoms with Crippen LogP contribution in [0.1, 0.15) is 57.6 Å². The first-order valence-corrected chi connectivity index (χ1v) is 7.48. The van der Waals surface area contributed by atoms with Crippen LogP contribution in [0.4, 0.5) is 0 Å². The molecule has 2 rings (SSSR count). The second-order valence-electron chi connectivity index (χ2n) is 5.96. The number of aryl methyl sites for hydroxylation is 1. The van der Waals surface area contributed by atoms with E-state index in [1.54, 1.807) is 0 Å². The molecule has 0 unspecified atom stereocenters. The van der Waals surface area contributed by atoms with Crippen molar-refractivity contribution >= 4 is 0 Å². The van der Waals surface area contributed by atoms with Crippen LogP contribution in [-0.2, 0) is 6.54 Å². The zero-order valence-electron chi connectivity index (χ0n) is 11.9.